The third kappa shape index (κ3) is 8.82. The van der Waals surface area contributed by atoms with Gasteiger partial charge in [-0.1, -0.05) is 104 Å². The Morgan fingerprint density at radius 2 is 1.42 bits per heavy atom. The minimum Gasteiger partial charge on any atom is -0.492 e. The molecule has 0 heterocycles. The summed E-state index contributed by atoms with van der Waals surface area (Å²) < 4.78 is 6.04. The number of rotatable bonds is 14. The van der Waals surface area contributed by atoms with E-state index in [1.165, 1.54) is 6.42 Å². The molecule has 0 aliphatic heterocycles. The quantitative estimate of drug-likeness (QED) is 0.150. The number of aliphatic carboxylic acids is 1. The maximum Gasteiger partial charge on any atom is 0.326 e. The number of ether oxygens (including phenoxy) is 1. The second-order valence-electron chi connectivity index (χ2n) is 11.6. The van der Waals surface area contributed by atoms with Crippen LogP contribution in [0.5, 0.6) is 5.75 Å². The average molecular weight is 605 g/mol. The highest BCUT2D eigenvalue weighted by molar-refractivity contribution is 6.12. The highest BCUT2D eigenvalue weighted by Crippen LogP contribution is 2.26. The number of ketones is 1. The van der Waals surface area contributed by atoms with Gasteiger partial charge in [0.25, 0.3) is 0 Å². The SMILES string of the molecule is O=C(c1ccccc1)c1ccccc1N[C@@H](Cc1ccc(OCCN(Cc2ccccc2)C(=O)C2CCCCC2)cc1)C(=O)O. The van der Waals surface area contributed by atoms with Crippen LogP contribution in [0.15, 0.2) is 109 Å². The second-order valence-corrected chi connectivity index (χ2v) is 11.6. The Kier molecular flexibility index (Phi) is 11.0. The Labute approximate surface area is 264 Å². The largest absolute Gasteiger partial charge is 0.492 e. The third-order valence-electron chi connectivity index (χ3n) is 8.31. The van der Waals surface area contributed by atoms with Crippen molar-refractivity contribution in [3.05, 3.63) is 131 Å². The number of nitrogens with one attached hydrogen (secondary N) is 1. The number of anilines is 1. The first-order valence-electron chi connectivity index (χ1n) is 15.7. The predicted molar refractivity (Wildman–Crippen MR) is 175 cm³/mol. The van der Waals surface area contributed by atoms with Gasteiger partial charge in [-0.15, -0.1) is 0 Å². The lowest BCUT2D eigenvalue weighted by Crippen LogP contribution is -2.39. The van der Waals surface area contributed by atoms with Crippen molar-refractivity contribution >= 4 is 23.3 Å². The summed E-state index contributed by atoms with van der Waals surface area (Å²) in [6.45, 7) is 1.40. The van der Waals surface area contributed by atoms with Crippen LogP contribution < -0.4 is 10.1 Å². The number of benzene rings is 4. The number of para-hydroxylation sites is 1. The topological polar surface area (TPSA) is 95.9 Å². The molecule has 45 heavy (non-hydrogen) atoms. The lowest BCUT2D eigenvalue weighted by atomic mass is 9.88. The molecule has 7 nitrogen and oxygen atoms in total. The molecule has 2 N–H and O–H groups in total. The van der Waals surface area contributed by atoms with Crippen LogP contribution in [-0.2, 0) is 22.6 Å². The first-order chi connectivity index (χ1) is 22.0. The molecule has 4 aromatic carbocycles. The van der Waals surface area contributed by atoms with Crippen molar-refractivity contribution < 1.29 is 24.2 Å². The highest BCUT2D eigenvalue weighted by Gasteiger charge is 2.26. The Balaban J connectivity index is 1.19. The number of amides is 1. The molecule has 1 amide bonds. The van der Waals surface area contributed by atoms with Crippen molar-refractivity contribution in [3.63, 3.8) is 0 Å². The van der Waals surface area contributed by atoms with Gasteiger partial charge < -0.3 is 20.1 Å². The maximum absolute atomic E-state index is 13.4. The van der Waals surface area contributed by atoms with E-state index in [2.05, 4.69) is 5.32 Å². The zero-order valence-electron chi connectivity index (χ0n) is 25.4. The summed E-state index contributed by atoms with van der Waals surface area (Å²) in [6, 6.07) is 32.3. The number of hydrogen-bond donors (Lipinski definition) is 2. The third-order valence-corrected chi connectivity index (χ3v) is 8.31. The van der Waals surface area contributed by atoms with Crippen LogP contribution in [0.25, 0.3) is 0 Å². The molecule has 1 fully saturated rings. The minimum atomic E-state index is -1.02. The standard InChI is InChI=1S/C38H40N2O5/c41-36(30-14-6-2-7-15-30)33-18-10-11-19-34(33)39-35(38(43)44)26-28-20-22-32(23-21-28)45-25-24-40(27-29-12-4-1-5-13-29)37(42)31-16-8-3-9-17-31/h1-2,4-7,10-15,18-23,31,35,39H,3,8-9,16-17,24-27H2,(H,43,44)/t35-/m0/s1. The van der Waals surface area contributed by atoms with Gasteiger partial charge in [-0.25, -0.2) is 4.79 Å². The smallest absolute Gasteiger partial charge is 0.326 e. The summed E-state index contributed by atoms with van der Waals surface area (Å²) in [5.41, 5.74) is 3.34. The molecule has 4 aromatic rings. The van der Waals surface area contributed by atoms with E-state index in [0.29, 0.717) is 42.3 Å². The second kappa shape index (κ2) is 15.7. The van der Waals surface area contributed by atoms with Crippen LogP contribution in [0, 0.1) is 5.92 Å². The van der Waals surface area contributed by atoms with Crippen molar-refractivity contribution in [1.82, 2.24) is 4.90 Å². The average Bonchev–Trinajstić information content (AvgIpc) is 3.09. The van der Waals surface area contributed by atoms with Crippen LogP contribution in [0.4, 0.5) is 5.69 Å². The number of hydrogen-bond acceptors (Lipinski definition) is 5. The van der Waals surface area contributed by atoms with Crippen LogP contribution in [0.1, 0.15) is 59.2 Å². The zero-order valence-corrected chi connectivity index (χ0v) is 25.4. The van der Waals surface area contributed by atoms with Crippen molar-refractivity contribution in [2.45, 2.75) is 51.1 Å². The van der Waals surface area contributed by atoms with E-state index in [1.807, 2.05) is 65.6 Å². The number of carbonyl (C=O) groups excluding carboxylic acids is 2. The molecule has 5 rings (SSSR count). The Hall–Kier alpha value is -4.91. The highest BCUT2D eigenvalue weighted by atomic mass is 16.5. The summed E-state index contributed by atoms with van der Waals surface area (Å²) in [6.07, 6.45) is 5.53. The predicted octanol–water partition coefficient (Wildman–Crippen LogP) is 7.01. The molecule has 0 spiro atoms. The Bertz CT molecular complexity index is 1550. The molecular formula is C38H40N2O5. The molecule has 232 valence electrons. The van der Waals surface area contributed by atoms with Gasteiger partial charge in [-0.05, 0) is 48.2 Å². The van der Waals surface area contributed by atoms with Crippen LogP contribution in [0.2, 0.25) is 0 Å². The molecule has 0 radical (unpaired) electrons. The van der Waals surface area contributed by atoms with Crippen LogP contribution in [-0.4, -0.2) is 46.9 Å². The number of carboxylic acids is 1. The number of carbonyl (C=O) groups is 3. The fourth-order valence-corrected chi connectivity index (χ4v) is 5.85. The van der Waals surface area contributed by atoms with E-state index in [-0.39, 0.29) is 24.0 Å². The molecule has 1 saturated carbocycles. The Morgan fingerprint density at radius 1 is 0.778 bits per heavy atom. The van der Waals surface area contributed by atoms with Gasteiger partial charge in [0.2, 0.25) is 5.91 Å². The maximum atomic E-state index is 13.4. The normalized spacial score (nSPS) is 13.9. The van der Waals surface area contributed by atoms with Gasteiger partial charge in [0.05, 0.1) is 6.54 Å². The Morgan fingerprint density at radius 3 is 2.11 bits per heavy atom. The lowest BCUT2D eigenvalue weighted by molar-refractivity contribution is -0.138. The van der Waals surface area contributed by atoms with E-state index in [4.69, 9.17) is 4.74 Å². The summed E-state index contributed by atoms with van der Waals surface area (Å²) in [5, 5.41) is 13.1. The molecule has 0 bridgehead atoms. The van der Waals surface area contributed by atoms with Crippen LogP contribution >= 0.6 is 0 Å². The molecule has 1 atom stereocenters. The van der Waals surface area contributed by atoms with E-state index in [1.54, 1.807) is 48.5 Å². The molecule has 7 heteroatoms. The van der Waals surface area contributed by atoms with E-state index >= 15 is 0 Å². The molecule has 1 aliphatic rings. The van der Waals surface area contributed by atoms with Crippen molar-refractivity contribution in [2.24, 2.45) is 5.92 Å². The molecular weight excluding hydrogens is 564 g/mol. The van der Waals surface area contributed by atoms with Crippen molar-refractivity contribution in [3.8, 4) is 5.75 Å². The summed E-state index contributed by atoms with van der Waals surface area (Å²) in [7, 11) is 0. The monoisotopic (exact) mass is 604 g/mol. The van der Waals surface area contributed by atoms with E-state index in [9.17, 15) is 19.5 Å². The van der Waals surface area contributed by atoms with E-state index in [0.717, 1.165) is 36.8 Å². The van der Waals surface area contributed by atoms with Gasteiger partial charge in [-0.2, -0.15) is 0 Å². The first-order valence-corrected chi connectivity index (χ1v) is 15.7. The van der Waals surface area contributed by atoms with Gasteiger partial charge >= 0.3 is 5.97 Å². The number of nitrogens with zero attached hydrogens (tertiary/aromatic N) is 1. The molecule has 0 unspecified atom stereocenters. The number of carboxylic acid groups (broad SMARTS) is 1. The van der Waals surface area contributed by atoms with Crippen LogP contribution in [0.3, 0.4) is 0 Å². The van der Waals surface area contributed by atoms with Crippen molar-refractivity contribution in [1.29, 1.82) is 0 Å². The summed E-state index contributed by atoms with van der Waals surface area (Å²) in [5.74, 6) is -0.245. The lowest BCUT2D eigenvalue weighted by Gasteiger charge is -2.29. The fourth-order valence-electron chi connectivity index (χ4n) is 5.85. The van der Waals surface area contributed by atoms with Gasteiger partial charge in [-0.3, -0.25) is 9.59 Å². The minimum absolute atomic E-state index is 0.0842. The molecule has 1 aliphatic carbocycles. The van der Waals surface area contributed by atoms with Gasteiger partial charge in [0.15, 0.2) is 5.78 Å². The van der Waals surface area contributed by atoms with E-state index < -0.39 is 12.0 Å². The molecule has 0 aromatic heterocycles. The van der Waals surface area contributed by atoms with Crippen molar-refractivity contribution in [2.75, 3.05) is 18.5 Å². The zero-order chi connectivity index (χ0) is 31.4. The first kappa shape index (κ1) is 31.5. The fraction of sp³-hybridized carbons (Fsp3) is 0.289. The van der Waals surface area contributed by atoms with Gasteiger partial charge in [0, 0.05) is 35.7 Å². The molecule has 0 saturated heterocycles. The van der Waals surface area contributed by atoms with Gasteiger partial charge in [0.1, 0.15) is 18.4 Å². The summed E-state index contributed by atoms with van der Waals surface area (Å²) in [4.78, 5) is 40.7. The summed E-state index contributed by atoms with van der Waals surface area (Å²) >= 11 is 0.